The minimum Gasteiger partial charge on any atom is -0.394 e. The summed E-state index contributed by atoms with van der Waals surface area (Å²) in [4.78, 5) is 4.20. The van der Waals surface area contributed by atoms with Crippen molar-refractivity contribution in [1.29, 1.82) is 0 Å². The van der Waals surface area contributed by atoms with Gasteiger partial charge in [0.15, 0.2) is 0 Å². The number of rotatable bonds is 4. The number of aromatic nitrogens is 3. The number of nitrogens with one attached hydrogen (secondary N) is 1. The molecule has 0 radical (unpaired) electrons. The Morgan fingerprint density at radius 1 is 1.56 bits per heavy atom. The summed E-state index contributed by atoms with van der Waals surface area (Å²) >= 11 is 1.62. The van der Waals surface area contributed by atoms with Gasteiger partial charge in [0.05, 0.1) is 17.9 Å². The first-order valence-electron chi connectivity index (χ1n) is 5.16. The molecule has 0 aliphatic rings. The summed E-state index contributed by atoms with van der Waals surface area (Å²) < 4.78 is 1.78. The molecule has 0 atom stereocenters. The number of hydrogen-bond donors (Lipinski definition) is 2. The van der Waals surface area contributed by atoms with Gasteiger partial charge in [-0.1, -0.05) is 6.92 Å². The molecule has 3 N–H and O–H groups in total. The van der Waals surface area contributed by atoms with E-state index in [0.717, 1.165) is 28.6 Å². The third-order valence-electron chi connectivity index (χ3n) is 2.39. The molecule has 86 valence electrons. The Kier molecular flexibility index (Phi) is 3.09. The third kappa shape index (κ3) is 2.01. The van der Waals surface area contributed by atoms with Gasteiger partial charge < -0.3 is 11.1 Å². The number of hydrogen-bond acceptors (Lipinski definition) is 5. The van der Waals surface area contributed by atoms with E-state index in [0.29, 0.717) is 6.54 Å². The van der Waals surface area contributed by atoms with E-state index < -0.39 is 0 Å². The first kappa shape index (κ1) is 10.9. The van der Waals surface area contributed by atoms with E-state index in [-0.39, 0.29) is 0 Å². The molecule has 0 aliphatic heterocycles. The number of anilines is 2. The maximum absolute atomic E-state index is 5.99. The second-order valence-corrected chi connectivity index (χ2v) is 4.44. The van der Waals surface area contributed by atoms with Crippen molar-refractivity contribution in [2.75, 3.05) is 11.1 Å². The molecule has 2 aromatic rings. The van der Waals surface area contributed by atoms with Gasteiger partial charge in [0.2, 0.25) is 0 Å². The zero-order chi connectivity index (χ0) is 11.5. The number of nitrogen functional groups attached to an aromatic ring is 1. The van der Waals surface area contributed by atoms with Crippen molar-refractivity contribution in [3.63, 3.8) is 0 Å². The van der Waals surface area contributed by atoms with Crippen LogP contribution in [0, 0.1) is 0 Å². The molecule has 0 bridgehead atoms. The largest absolute Gasteiger partial charge is 0.394 e. The Morgan fingerprint density at radius 3 is 2.94 bits per heavy atom. The van der Waals surface area contributed by atoms with Gasteiger partial charge in [-0.2, -0.15) is 5.10 Å². The summed E-state index contributed by atoms with van der Waals surface area (Å²) in [7, 11) is 1.89. The van der Waals surface area contributed by atoms with Crippen LogP contribution in [0.25, 0.3) is 0 Å². The number of aryl methyl sites for hydroxylation is 2. The van der Waals surface area contributed by atoms with E-state index in [2.05, 4.69) is 15.4 Å². The summed E-state index contributed by atoms with van der Waals surface area (Å²) in [6.45, 7) is 2.73. The Hall–Kier alpha value is -1.56. The SMILES string of the molecule is CCc1nn(C)c(NCc2nccs2)c1N. The molecule has 5 nitrogen and oxygen atoms in total. The zero-order valence-corrected chi connectivity index (χ0v) is 10.2. The normalized spacial score (nSPS) is 10.6. The van der Waals surface area contributed by atoms with Gasteiger partial charge in [-0.15, -0.1) is 11.3 Å². The maximum atomic E-state index is 5.99. The van der Waals surface area contributed by atoms with Gasteiger partial charge in [-0.25, -0.2) is 4.98 Å². The average molecular weight is 237 g/mol. The number of nitrogens with zero attached hydrogens (tertiary/aromatic N) is 3. The second-order valence-electron chi connectivity index (χ2n) is 3.47. The lowest BCUT2D eigenvalue weighted by Crippen LogP contribution is -2.06. The van der Waals surface area contributed by atoms with Crippen LogP contribution >= 0.6 is 11.3 Å². The highest BCUT2D eigenvalue weighted by Crippen LogP contribution is 2.22. The van der Waals surface area contributed by atoms with Crippen LogP contribution in [0.4, 0.5) is 11.5 Å². The lowest BCUT2D eigenvalue weighted by Gasteiger charge is -2.05. The van der Waals surface area contributed by atoms with Crippen LogP contribution in [0.5, 0.6) is 0 Å². The molecule has 0 unspecified atom stereocenters. The molecule has 0 spiro atoms. The average Bonchev–Trinajstić information content (AvgIpc) is 2.86. The van der Waals surface area contributed by atoms with Crippen LogP contribution in [0.15, 0.2) is 11.6 Å². The van der Waals surface area contributed by atoms with Crippen LogP contribution in [0.2, 0.25) is 0 Å². The van der Waals surface area contributed by atoms with Crippen molar-refractivity contribution in [3.05, 3.63) is 22.3 Å². The third-order valence-corrected chi connectivity index (χ3v) is 3.17. The summed E-state index contributed by atoms with van der Waals surface area (Å²) in [6, 6.07) is 0. The molecular weight excluding hydrogens is 222 g/mol. The summed E-state index contributed by atoms with van der Waals surface area (Å²) in [6.07, 6.45) is 2.64. The fraction of sp³-hybridized carbons (Fsp3) is 0.400. The number of nitrogens with two attached hydrogens (primary N) is 1. The van der Waals surface area contributed by atoms with Crippen molar-refractivity contribution in [2.24, 2.45) is 7.05 Å². The van der Waals surface area contributed by atoms with Crippen LogP contribution in [0.3, 0.4) is 0 Å². The van der Waals surface area contributed by atoms with Crippen LogP contribution in [-0.2, 0) is 20.0 Å². The lowest BCUT2D eigenvalue weighted by atomic mass is 10.3. The first-order valence-corrected chi connectivity index (χ1v) is 6.04. The van der Waals surface area contributed by atoms with Crippen molar-refractivity contribution in [1.82, 2.24) is 14.8 Å². The molecule has 6 heteroatoms. The van der Waals surface area contributed by atoms with E-state index in [9.17, 15) is 0 Å². The molecule has 16 heavy (non-hydrogen) atoms. The van der Waals surface area contributed by atoms with E-state index in [1.807, 2.05) is 19.4 Å². The summed E-state index contributed by atoms with van der Waals surface area (Å²) in [5.74, 6) is 0.868. The fourth-order valence-electron chi connectivity index (χ4n) is 1.57. The van der Waals surface area contributed by atoms with Crippen LogP contribution in [-0.4, -0.2) is 14.8 Å². The molecule has 0 amide bonds. The maximum Gasteiger partial charge on any atom is 0.148 e. The van der Waals surface area contributed by atoms with E-state index in [1.165, 1.54) is 0 Å². The lowest BCUT2D eigenvalue weighted by molar-refractivity contribution is 0.747. The van der Waals surface area contributed by atoms with Gasteiger partial charge >= 0.3 is 0 Å². The minimum atomic E-state index is 0.685. The number of thiazole rings is 1. The predicted octanol–water partition coefficient (Wildman–Crippen LogP) is 1.63. The van der Waals surface area contributed by atoms with Gasteiger partial charge in [0.1, 0.15) is 10.8 Å². The first-order chi connectivity index (χ1) is 7.72. The van der Waals surface area contributed by atoms with E-state index in [4.69, 9.17) is 5.73 Å². The Balaban J connectivity index is 2.12. The van der Waals surface area contributed by atoms with Crippen molar-refractivity contribution in [3.8, 4) is 0 Å². The van der Waals surface area contributed by atoms with Gasteiger partial charge in [0.25, 0.3) is 0 Å². The molecule has 2 rings (SSSR count). The second kappa shape index (κ2) is 4.52. The predicted molar refractivity (Wildman–Crippen MR) is 66.4 cm³/mol. The zero-order valence-electron chi connectivity index (χ0n) is 9.40. The minimum absolute atomic E-state index is 0.685. The van der Waals surface area contributed by atoms with Crippen LogP contribution < -0.4 is 11.1 Å². The van der Waals surface area contributed by atoms with Crippen molar-refractivity contribution >= 4 is 22.8 Å². The highest BCUT2D eigenvalue weighted by Gasteiger charge is 2.11. The summed E-state index contributed by atoms with van der Waals surface area (Å²) in [5, 5.41) is 10.6. The van der Waals surface area contributed by atoms with Crippen LogP contribution in [0.1, 0.15) is 17.6 Å². The highest BCUT2D eigenvalue weighted by atomic mass is 32.1. The smallest absolute Gasteiger partial charge is 0.148 e. The molecule has 0 fully saturated rings. The summed E-state index contributed by atoms with van der Waals surface area (Å²) in [5.41, 5.74) is 7.66. The molecule has 2 aromatic heterocycles. The van der Waals surface area contributed by atoms with Gasteiger partial charge in [-0.3, -0.25) is 4.68 Å². The quantitative estimate of drug-likeness (QED) is 0.848. The highest BCUT2D eigenvalue weighted by molar-refractivity contribution is 7.09. The fourth-order valence-corrected chi connectivity index (χ4v) is 2.12. The molecule has 2 heterocycles. The van der Waals surface area contributed by atoms with Gasteiger partial charge in [-0.05, 0) is 6.42 Å². The molecule has 0 saturated carbocycles. The van der Waals surface area contributed by atoms with E-state index >= 15 is 0 Å². The topological polar surface area (TPSA) is 68.8 Å². The molecule has 0 aliphatic carbocycles. The Labute approximate surface area is 98.3 Å². The Morgan fingerprint density at radius 2 is 2.38 bits per heavy atom. The monoisotopic (exact) mass is 237 g/mol. The van der Waals surface area contributed by atoms with E-state index in [1.54, 1.807) is 22.2 Å². The Bertz CT molecular complexity index is 460. The molecule has 0 aromatic carbocycles. The molecule has 0 saturated heterocycles. The molecular formula is C10H15N5S. The standard InChI is InChI=1S/C10H15N5S/c1-3-7-9(11)10(15(2)14-7)13-6-8-12-4-5-16-8/h4-5,13H,3,6,11H2,1-2H3. The van der Waals surface area contributed by atoms with Crippen molar-refractivity contribution in [2.45, 2.75) is 19.9 Å². The van der Waals surface area contributed by atoms with Crippen molar-refractivity contribution < 1.29 is 0 Å². The van der Waals surface area contributed by atoms with Gasteiger partial charge in [0, 0.05) is 18.6 Å².